The number of nitrogens with one attached hydrogen (secondary N) is 1. The molecular formula is C16H20N4O4. The van der Waals surface area contributed by atoms with E-state index in [9.17, 15) is 4.79 Å². The zero-order valence-electron chi connectivity index (χ0n) is 13.5. The minimum atomic E-state index is -0.0918. The predicted octanol–water partition coefficient (Wildman–Crippen LogP) is 1.33. The first-order chi connectivity index (χ1) is 11.8. The highest BCUT2D eigenvalue weighted by Gasteiger charge is 2.16. The van der Waals surface area contributed by atoms with Crippen LogP contribution in [0.4, 0.5) is 4.79 Å². The normalized spacial score (nSPS) is 14.5. The van der Waals surface area contributed by atoms with Gasteiger partial charge in [0.25, 0.3) is 0 Å². The average Bonchev–Trinajstić information content (AvgIpc) is 3.11. The van der Waals surface area contributed by atoms with Gasteiger partial charge < -0.3 is 24.1 Å². The molecule has 0 unspecified atom stereocenters. The molecule has 1 N–H and O–H groups in total. The van der Waals surface area contributed by atoms with Crippen LogP contribution in [0.2, 0.25) is 0 Å². The minimum Gasteiger partial charge on any atom is -0.497 e. The van der Waals surface area contributed by atoms with Crippen molar-refractivity contribution in [2.45, 2.75) is 6.42 Å². The number of aromatic nitrogens is 2. The molecule has 1 saturated heterocycles. The van der Waals surface area contributed by atoms with Gasteiger partial charge in [-0.3, -0.25) is 0 Å². The lowest BCUT2D eigenvalue weighted by molar-refractivity contribution is 0.0532. The Morgan fingerprint density at radius 1 is 1.33 bits per heavy atom. The van der Waals surface area contributed by atoms with Crippen LogP contribution in [0.1, 0.15) is 5.89 Å². The summed E-state index contributed by atoms with van der Waals surface area (Å²) in [5.74, 6) is 1.64. The lowest BCUT2D eigenvalue weighted by Gasteiger charge is -2.26. The van der Waals surface area contributed by atoms with Crippen LogP contribution in [-0.2, 0) is 11.2 Å². The quantitative estimate of drug-likeness (QED) is 0.888. The van der Waals surface area contributed by atoms with E-state index in [1.807, 2.05) is 24.3 Å². The molecule has 0 saturated carbocycles. The smallest absolute Gasteiger partial charge is 0.317 e. The highest BCUT2D eigenvalue weighted by Crippen LogP contribution is 2.22. The fraction of sp³-hybridized carbons (Fsp3) is 0.438. The van der Waals surface area contributed by atoms with Crippen molar-refractivity contribution in [1.82, 2.24) is 20.4 Å². The van der Waals surface area contributed by atoms with E-state index in [1.54, 1.807) is 12.0 Å². The van der Waals surface area contributed by atoms with Gasteiger partial charge in [-0.2, -0.15) is 0 Å². The van der Waals surface area contributed by atoms with Gasteiger partial charge in [-0.1, -0.05) is 6.07 Å². The van der Waals surface area contributed by atoms with Gasteiger partial charge in [0.15, 0.2) is 0 Å². The molecular weight excluding hydrogens is 312 g/mol. The highest BCUT2D eigenvalue weighted by molar-refractivity contribution is 5.74. The first kappa shape index (κ1) is 16.3. The Labute approximate surface area is 139 Å². The van der Waals surface area contributed by atoms with E-state index in [1.165, 1.54) is 0 Å². The summed E-state index contributed by atoms with van der Waals surface area (Å²) in [5.41, 5.74) is 0.797. The van der Waals surface area contributed by atoms with Gasteiger partial charge in [0.1, 0.15) is 5.75 Å². The van der Waals surface area contributed by atoms with E-state index in [2.05, 4.69) is 15.5 Å². The van der Waals surface area contributed by atoms with Crippen molar-refractivity contribution in [3.8, 4) is 17.2 Å². The van der Waals surface area contributed by atoms with Crippen molar-refractivity contribution in [3.05, 3.63) is 30.2 Å². The number of nitrogens with zero attached hydrogens (tertiary/aromatic N) is 3. The van der Waals surface area contributed by atoms with E-state index in [0.29, 0.717) is 51.1 Å². The molecule has 1 aliphatic heterocycles. The monoisotopic (exact) mass is 332 g/mol. The summed E-state index contributed by atoms with van der Waals surface area (Å²) in [6, 6.07) is 7.32. The number of ether oxygens (including phenoxy) is 2. The number of urea groups is 1. The lowest BCUT2D eigenvalue weighted by Crippen LogP contribution is -2.46. The number of hydrogen-bond donors (Lipinski definition) is 1. The molecule has 0 radical (unpaired) electrons. The minimum absolute atomic E-state index is 0.0918. The van der Waals surface area contributed by atoms with Crippen molar-refractivity contribution in [1.29, 1.82) is 0 Å². The van der Waals surface area contributed by atoms with Crippen molar-refractivity contribution < 1.29 is 18.7 Å². The Morgan fingerprint density at radius 3 is 2.96 bits per heavy atom. The molecule has 0 spiro atoms. The Kier molecular flexibility index (Phi) is 5.27. The van der Waals surface area contributed by atoms with Gasteiger partial charge in [0.2, 0.25) is 11.8 Å². The van der Waals surface area contributed by atoms with Gasteiger partial charge in [-0.05, 0) is 18.2 Å². The molecule has 128 valence electrons. The van der Waals surface area contributed by atoms with Crippen LogP contribution in [-0.4, -0.2) is 61.1 Å². The highest BCUT2D eigenvalue weighted by atomic mass is 16.5. The predicted molar refractivity (Wildman–Crippen MR) is 85.8 cm³/mol. The summed E-state index contributed by atoms with van der Waals surface area (Å²) >= 11 is 0. The number of amides is 2. The van der Waals surface area contributed by atoms with E-state index in [0.717, 1.165) is 11.3 Å². The van der Waals surface area contributed by atoms with Crippen molar-refractivity contribution in [3.63, 3.8) is 0 Å². The number of methoxy groups -OCH3 is 1. The van der Waals surface area contributed by atoms with Crippen LogP contribution in [0.15, 0.2) is 28.7 Å². The second-order valence-electron chi connectivity index (χ2n) is 5.31. The third-order valence-corrected chi connectivity index (χ3v) is 3.70. The summed E-state index contributed by atoms with van der Waals surface area (Å²) in [4.78, 5) is 13.7. The number of carbonyl (C=O) groups excluding carboxylic acids is 1. The molecule has 2 amide bonds. The molecule has 0 atom stereocenters. The molecule has 2 aromatic rings. The van der Waals surface area contributed by atoms with Gasteiger partial charge in [0.05, 0.1) is 20.3 Å². The second-order valence-corrected chi connectivity index (χ2v) is 5.31. The standard InChI is InChI=1S/C16H20N4O4/c1-22-13-4-2-3-12(11-13)15-19-18-14(24-15)5-6-17-16(21)20-7-9-23-10-8-20/h2-4,11H,5-10H2,1H3,(H,17,21). The fourth-order valence-electron chi connectivity index (χ4n) is 2.38. The summed E-state index contributed by atoms with van der Waals surface area (Å²) < 4.78 is 16.0. The zero-order chi connectivity index (χ0) is 16.8. The van der Waals surface area contributed by atoms with Crippen LogP contribution in [0.5, 0.6) is 5.75 Å². The van der Waals surface area contributed by atoms with E-state index in [-0.39, 0.29) is 6.03 Å². The lowest BCUT2D eigenvalue weighted by atomic mass is 10.2. The number of morpholine rings is 1. The van der Waals surface area contributed by atoms with E-state index >= 15 is 0 Å². The molecule has 8 heteroatoms. The molecule has 1 aromatic carbocycles. The van der Waals surface area contributed by atoms with Crippen LogP contribution >= 0.6 is 0 Å². The van der Waals surface area contributed by atoms with Gasteiger partial charge >= 0.3 is 6.03 Å². The second kappa shape index (κ2) is 7.78. The molecule has 2 heterocycles. The molecule has 0 bridgehead atoms. The average molecular weight is 332 g/mol. The third kappa shape index (κ3) is 4.02. The Bertz CT molecular complexity index is 682. The van der Waals surface area contributed by atoms with Crippen molar-refractivity contribution in [2.24, 2.45) is 0 Å². The molecule has 8 nitrogen and oxygen atoms in total. The van der Waals surface area contributed by atoms with Crippen LogP contribution in [0.3, 0.4) is 0 Å². The zero-order valence-corrected chi connectivity index (χ0v) is 13.5. The Morgan fingerprint density at radius 2 is 2.17 bits per heavy atom. The molecule has 3 rings (SSSR count). The number of rotatable bonds is 5. The number of carbonyl (C=O) groups is 1. The van der Waals surface area contributed by atoms with Crippen molar-refractivity contribution in [2.75, 3.05) is 40.0 Å². The van der Waals surface area contributed by atoms with E-state index < -0.39 is 0 Å². The van der Waals surface area contributed by atoms with Gasteiger partial charge in [-0.15, -0.1) is 10.2 Å². The van der Waals surface area contributed by atoms with Crippen LogP contribution < -0.4 is 10.1 Å². The maximum Gasteiger partial charge on any atom is 0.317 e. The van der Waals surface area contributed by atoms with Gasteiger partial charge in [0, 0.05) is 31.6 Å². The molecule has 1 fully saturated rings. The summed E-state index contributed by atoms with van der Waals surface area (Å²) in [7, 11) is 1.61. The summed E-state index contributed by atoms with van der Waals surface area (Å²) in [6.07, 6.45) is 0.479. The Balaban J connectivity index is 1.51. The third-order valence-electron chi connectivity index (χ3n) is 3.70. The maximum atomic E-state index is 12.0. The largest absolute Gasteiger partial charge is 0.497 e. The van der Waals surface area contributed by atoms with E-state index in [4.69, 9.17) is 13.9 Å². The SMILES string of the molecule is COc1cccc(-c2nnc(CCNC(=O)N3CCOCC3)o2)c1. The first-order valence-electron chi connectivity index (χ1n) is 7.83. The van der Waals surface area contributed by atoms with Crippen LogP contribution in [0, 0.1) is 0 Å². The molecule has 1 aliphatic rings. The fourth-order valence-corrected chi connectivity index (χ4v) is 2.38. The molecule has 0 aliphatic carbocycles. The number of hydrogen-bond acceptors (Lipinski definition) is 6. The molecule has 24 heavy (non-hydrogen) atoms. The maximum absolute atomic E-state index is 12.0. The summed E-state index contributed by atoms with van der Waals surface area (Å²) in [5, 5.41) is 10.9. The topological polar surface area (TPSA) is 89.7 Å². The summed E-state index contributed by atoms with van der Waals surface area (Å²) in [6.45, 7) is 2.84. The van der Waals surface area contributed by atoms with Crippen molar-refractivity contribution >= 4 is 6.03 Å². The molecule has 1 aromatic heterocycles. The number of benzene rings is 1. The Hall–Kier alpha value is -2.61. The van der Waals surface area contributed by atoms with Crippen LogP contribution in [0.25, 0.3) is 11.5 Å². The van der Waals surface area contributed by atoms with Gasteiger partial charge in [-0.25, -0.2) is 4.79 Å². The first-order valence-corrected chi connectivity index (χ1v) is 7.83.